The molecule has 130 valence electrons. The van der Waals surface area contributed by atoms with E-state index in [1.807, 2.05) is 6.92 Å². The molecule has 1 fully saturated rings. The highest BCUT2D eigenvalue weighted by molar-refractivity contribution is 5.99. The number of hydrogen-bond acceptors (Lipinski definition) is 6. The molecule has 0 aliphatic carbocycles. The number of piperidine rings is 1. The van der Waals surface area contributed by atoms with E-state index in [1.54, 1.807) is 4.90 Å². The second-order valence-corrected chi connectivity index (χ2v) is 6.19. The highest BCUT2D eigenvalue weighted by atomic mass is 16.6. The number of carbonyl (C=O) groups is 1. The molecule has 0 bridgehead atoms. The van der Waals surface area contributed by atoms with Crippen LogP contribution in [-0.2, 0) is 4.79 Å². The molecule has 0 radical (unpaired) electrons. The summed E-state index contributed by atoms with van der Waals surface area (Å²) in [5.74, 6) is 0.244. The second-order valence-electron chi connectivity index (χ2n) is 6.19. The van der Waals surface area contributed by atoms with E-state index in [4.69, 9.17) is 4.74 Å². The smallest absolute Gasteiger partial charge is 0.366 e. The number of fused-ring (bicyclic) bond motifs is 1. The van der Waals surface area contributed by atoms with E-state index in [9.17, 15) is 14.9 Å². The van der Waals surface area contributed by atoms with Crippen LogP contribution >= 0.6 is 0 Å². The van der Waals surface area contributed by atoms with Crippen LogP contribution in [0.15, 0.2) is 12.1 Å². The highest BCUT2D eigenvalue weighted by Crippen LogP contribution is 2.35. The Kier molecular flexibility index (Phi) is 4.94. The normalized spacial score (nSPS) is 23.5. The van der Waals surface area contributed by atoms with Gasteiger partial charge in [0.25, 0.3) is 11.7 Å². The van der Waals surface area contributed by atoms with Gasteiger partial charge >= 0.3 is 5.82 Å². The number of rotatable bonds is 5. The summed E-state index contributed by atoms with van der Waals surface area (Å²) in [6.45, 7) is 3.37. The molecule has 1 aromatic heterocycles. The number of nitrogens with one attached hydrogen (secondary N) is 1. The van der Waals surface area contributed by atoms with Gasteiger partial charge in [-0.1, -0.05) is 13.3 Å². The van der Waals surface area contributed by atoms with Crippen molar-refractivity contribution < 1.29 is 14.5 Å². The average Bonchev–Trinajstić information content (AvgIpc) is 2.60. The fraction of sp³-hybridized carbons (Fsp3) is 0.625. The molecule has 2 atom stereocenters. The Balaban J connectivity index is 1.83. The third-order valence-electron chi connectivity index (χ3n) is 4.56. The zero-order valence-corrected chi connectivity index (χ0v) is 13.7. The number of pyridine rings is 1. The average molecular weight is 334 g/mol. The van der Waals surface area contributed by atoms with Gasteiger partial charge in [-0.05, 0) is 48.2 Å². The van der Waals surface area contributed by atoms with Crippen LogP contribution in [0, 0.1) is 10.1 Å². The van der Waals surface area contributed by atoms with E-state index < -0.39 is 11.0 Å². The maximum atomic E-state index is 12.6. The van der Waals surface area contributed by atoms with Gasteiger partial charge < -0.3 is 20.2 Å². The number of hydrogen-bond donors (Lipinski definition) is 1. The van der Waals surface area contributed by atoms with E-state index in [0.29, 0.717) is 24.8 Å². The number of ether oxygens (including phenoxy) is 1. The molecule has 0 spiro atoms. The summed E-state index contributed by atoms with van der Waals surface area (Å²) in [5.41, 5.74) is 0. The summed E-state index contributed by atoms with van der Waals surface area (Å²) in [5, 5.41) is 14.4. The number of nitrogens with zero attached hydrogens (tertiary/aromatic N) is 3. The molecule has 2 aliphatic heterocycles. The second kappa shape index (κ2) is 7.12. The van der Waals surface area contributed by atoms with E-state index in [-0.39, 0.29) is 17.5 Å². The topological polar surface area (TPSA) is 97.6 Å². The molecule has 1 N–H and O–H groups in total. The van der Waals surface area contributed by atoms with Gasteiger partial charge in [0.1, 0.15) is 0 Å². The number of aromatic nitrogens is 1. The first-order chi connectivity index (χ1) is 11.6. The number of anilines is 1. The van der Waals surface area contributed by atoms with Crippen molar-refractivity contribution in [3.05, 3.63) is 22.2 Å². The van der Waals surface area contributed by atoms with Gasteiger partial charge in [-0.15, -0.1) is 0 Å². The summed E-state index contributed by atoms with van der Waals surface area (Å²) in [6, 6.07) is 3.21. The minimum atomic E-state index is -0.558. The molecular weight excluding hydrogens is 312 g/mol. The Bertz CT molecular complexity index is 631. The van der Waals surface area contributed by atoms with Gasteiger partial charge in [-0.3, -0.25) is 9.69 Å². The molecule has 3 rings (SSSR count). The van der Waals surface area contributed by atoms with Crippen LogP contribution in [0.1, 0.15) is 39.0 Å². The minimum absolute atomic E-state index is 0.172. The van der Waals surface area contributed by atoms with Crippen molar-refractivity contribution in [1.29, 1.82) is 0 Å². The first-order valence-corrected chi connectivity index (χ1v) is 8.47. The molecule has 1 aromatic rings. The van der Waals surface area contributed by atoms with Crippen molar-refractivity contribution in [1.82, 2.24) is 10.3 Å². The summed E-state index contributed by atoms with van der Waals surface area (Å²) < 4.78 is 5.66. The zero-order valence-electron chi connectivity index (χ0n) is 13.7. The van der Waals surface area contributed by atoms with Gasteiger partial charge in [0.2, 0.25) is 0 Å². The molecule has 1 saturated heterocycles. The molecular formula is C16H22N4O4. The summed E-state index contributed by atoms with van der Waals surface area (Å²) in [6.07, 6.45) is 4.25. The molecule has 8 nitrogen and oxygen atoms in total. The van der Waals surface area contributed by atoms with Crippen molar-refractivity contribution in [3.8, 4) is 5.75 Å². The molecule has 8 heteroatoms. The maximum absolute atomic E-state index is 12.6. The van der Waals surface area contributed by atoms with E-state index >= 15 is 0 Å². The molecule has 3 heterocycles. The lowest BCUT2D eigenvalue weighted by Crippen LogP contribution is -2.48. The SMILES string of the molecule is CCC1Oc2ccc([N+](=O)[O-])nc2N(CCC2CCCCN2)C1=O. The van der Waals surface area contributed by atoms with E-state index in [0.717, 1.165) is 19.4 Å². The number of amides is 1. The third-order valence-corrected chi connectivity index (χ3v) is 4.56. The molecule has 2 aliphatic rings. The van der Waals surface area contributed by atoms with Crippen LogP contribution in [0.25, 0.3) is 0 Å². The van der Waals surface area contributed by atoms with Crippen LogP contribution in [0.2, 0.25) is 0 Å². The first-order valence-electron chi connectivity index (χ1n) is 8.47. The summed E-state index contributed by atoms with van der Waals surface area (Å²) in [7, 11) is 0. The molecule has 0 aromatic carbocycles. The zero-order chi connectivity index (χ0) is 17.1. The predicted molar refractivity (Wildman–Crippen MR) is 88.2 cm³/mol. The Morgan fingerprint density at radius 1 is 1.46 bits per heavy atom. The van der Waals surface area contributed by atoms with E-state index in [2.05, 4.69) is 10.3 Å². The Hall–Kier alpha value is -2.22. The number of nitro groups is 1. The largest absolute Gasteiger partial charge is 0.474 e. The van der Waals surface area contributed by atoms with Crippen LogP contribution < -0.4 is 15.0 Å². The van der Waals surface area contributed by atoms with Crippen molar-refractivity contribution in [2.75, 3.05) is 18.0 Å². The summed E-state index contributed by atoms with van der Waals surface area (Å²) in [4.78, 5) is 28.7. The van der Waals surface area contributed by atoms with Crippen LogP contribution in [-0.4, -0.2) is 41.0 Å². The van der Waals surface area contributed by atoms with Crippen molar-refractivity contribution in [2.45, 2.75) is 51.2 Å². The third kappa shape index (κ3) is 3.33. The lowest BCUT2D eigenvalue weighted by atomic mass is 10.0. The Labute approximate surface area is 140 Å². The van der Waals surface area contributed by atoms with Crippen LogP contribution in [0.4, 0.5) is 11.6 Å². The predicted octanol–water partition coefficient (Wildman–Crippen LogP) is 2.03. The molecule has 24 heavy (non-hydrogen) atoms. The van der Waals surface area contributed by atoms with Crippen LogP contribution in [0.5, 0.6) is 5.75 Å². The van der Waals surface area contributed by atoms with Crippen molar-refractivity contribution in [3.63, 3.8) is 0 Å². The first kappa shape index (κ1) is 16.6. The van der Waals surface area contributed by atoms with Gasteiger partial charge in [0, 0.05) is 18.7 Å². The molecule has 1 amide bonds. The maximum Gasteiger partial charge on any atom is 0.366 e. The lowest BCUT2D eigenvalue weighted by molar-refractivity contribution is -0.389. The fourth-order valence-electron chi connectivity index (χ4n) is 3.22. The van der Waals surface area contributed by atoms with Gasteiger partial charge in [-0.25, -0.2) is 0 Å². The van der Waals surface area contributed by atoms with Crippen LogP contribution in [0.3, 0.4) is 0 Å². The Morgan fingerprint density at radius 3 is 2.96 bits per heavy atom. The van der Waals surface area contributed by atoms with Crippen molar-refractivity contribution >= 4 is 17.5 Å². The van der Waals surface area contributed by atoms with Gasteiger partial charge in [-0.2, -0.15) is 0 Å². The molecule has 2 unspecified atom stereocenters. The van der Waals surface area contributed by atoms with Crippen molar-refractivity contribution in [2.24, 2.45) is 0 Å². The minimum Gasteiger partial charge on any atom is -0.474 e. The Morgan fingerprint density at radius 2 is 2.29 bits per heavy atom. The monoisotopic (exact) mass is 334 g/mol. The highest BCUT2D eigenvalue weighted by Gasteiger charge is 2.38. The van der Waals surface area contributed by atoms with Gasteiger partial charge in [0.05, 0.1) is 0 Å². The quantitative estimate of drug-likeness (QED) is 0.653. The number of carbonyl (C=O) groups excluding carboxylic acids is 1. The van der Waals surface area contributed by atoms with E-state index in [1.165, 1.54) is 25.0 Å². The summed E-state index contributed by atoms with van der Waals surface area (Å²) >= 11 is 0. The lowest BCUT2D eigenvalue weighted by Gasteiger charge is -2.32. The van der Waals surface area contributed by atoms with Gasteiger partial charge in [0.15, 0.2) is 11.9 Å². The molecule has 0 saturated carbocycles. The standard InChI is InChI=1S/C16H22N4O4/c1-2-12-16(21)19(10-8-11-5-3-4-9-17-11)15-13(24-12)6-7-14(18-15)20(22)23/h6-7,11-12,17H,2-5,8-10H2,1H3. The fourth-order valence-corrected chi connectivity index (χ4v) is 3.22.